The van der Waals surface area contributed by atoms with Gasteiger partial charge in [-0.1, -0.05) is 30.0 Å². The first-order chi connectivity index (χ1) is 15.5. The van der Waals surface area contributed by atoms with Gasteiger partial charge in [0.1, 0.15) is 23.1 Å². The van der Waals surface area contributed by atoms with Crippen LogP contribution in [0.15, 0.2) is 53.8 Å². The van der Waals surface area contributed by atoms with Crippen LogP contribution < -0.4 is 9.62 Å². The van der Waals surface area contributed by atoms with Gasteiger partial charge in [-0.3, -0.25) is 9.71 Å². The first-order valence-electron chi connectivity index (χ1n) is 10.4. The fraction of sp³-hybridized carbons (Fsp3) is 0.292. The summed E-state index contributed by atoms with van der Waals surface area (Å²) in [6, 6.07) is 11.3. The first-order valence-corrected chi connectivity index (χ1v) is 11.6. The van der Waals surface area contributed by atoms with Gasteiger partial charge in [0.15, 0.2) is 0 Å². The van der Waals surface area contributed by atoms with Gasteiger partial charge >= 0.3 is 0 Å². The smallest absolute Gasteiger partial charge is 0.150 e. The quantitative estimate of drug-likeness (QED) is 0.619. The molecular formula is C24H25N5O2S. The number of anilines is 2. The molecule has 32 heavy (non-hydrogen) atoms. The molecule has 1 aliphatic heterocycles. The van der Waals surface area contributed by atoms with E-state index in [4.69, 9.17) is 4.74 Å². The summed E-state index contributed by atoms with van der Waals surface area (Å²) in [5.74, 6) is 7.26. The molecule has 0 bridgehead atoms. The number of benzene rings is 1. The van der Waals surface area contributed by atoms with Crippen LogP contribution in [0, 0.1) is 25.7 Å². The standard InChI is InChI=1S/C24H25N5O2S/c1-17-15-31-12-11-29(17)24-22(18(2)26-16-27-24)10-9-20-13-23(19(3)25-14-20)28-32(30)21-7-5-4-6-8-21/h4-8,13-14,16-17,28H,11-12,15H2,1-3H3. The van der Waals surface area contributed by atoms with Crippen LogP contribution in [-0.2, 0) is 15.7 Å². The largest absolute Gasteiger partial charge is 0.377 e. The summed E-state index contributed by atoms with van der Waals surface area (Å²) in [6.45, 7) is 8.00. The summed E-state index contributed by atoms with van der Waals surface area (Å²) in [5, 5.41) is 0. The second kappa shape index (κ2) is 9.90. The number of hydrogen-bond donors (Lipinski definition) is 1. The van der Waals surface area contributed by atoms with Gasteiger partial charge in [0, 0.05) is 18.3 Å². The van der Waals surface area contributed by atoms with Crippen molar-refractivity contribution in [2.24, 2.45) is 0 Å². The maximum atomic E-state index is 12.7. The molecule has 0 spiro atoms. The zero-order valence-electron chi connectivity index (χ0n) is 18.3. The molecule has 0 radical (unpaired) electrons. The van der Waals surface area contributed by atoms with Gasteiger partial charge in [-0.15, -0.1) is 0 Å². The third-order valence-corrected chi connectivity index (χ3v) is 6.34. The highest BCUT2D eigenvalue weighted by molar-refractivity contribution is 7.86. The molecule has 1 saturated heterocycles. The Labute approximate surface area is 190 Å². The van der Waals surface area contributed by atoms with Crippen LogP contribution in [0.2, 0.25) is 0 Å². The summed E-state index contributed by atoms with van der Waals surface area (Å²) >= 11 is 0. The first kappa shape index (κ1) is 21.9. The monoisotopic (exact) mass is 447 g/mol. The summed E-state index contributed by atoms with van der Waals surface area (Å²) < 4.78 is 21.3. The summed E-state index contributed by atoms with van der Waals surface area (Å²) in [4.78, 5) is 16.2. The van der Waals surface area contributed by atoms with Crippen molar-refractivity contribution in [3.63, 3.8) is 0 Å². The van der Waals surface area contributed by atoms with E-state index in [1.54, 1.807) is 12.5 Å². The minimum Gasteiger partial charge on any atom is -0.377 e. The van der Waals surface area contributed by atoms with Crippen LogP contribution in [0.4, 0.5) is 11.5 Å². The number of nitrogens with zero attached hydrogens (tertiary/aromatic N) is 4. The van der Waals surface area contributed by atoms with Crippen molar-refractivity contribution in [3.8, 4) is 11.8 Å². The number of ether oxygens (including phenoxy) is 1. The van der Waals surface area contributed by atoms with Crippen molar-refractivity contribution in [2.75, 3.05) is 29.4 Å². The molecule has 0 amide bonds. The van der Waals surface area contributed by atoms with Gasteiger partial charge in [-0.2, -0.15) is 0 Å². The van der Waals surface area contributed by atoms with Crippen molar-refractivity contribution in [1.82, 2.24) is 15.0 Å². The Hall–Kier alpha value is -3.28. The van der Waals surface area contributed by atoms with Gasteiger partial charge in [-0.05, 0) is 39.0 Å². The van der Waals surface area contributed by atoms with Gasteiger partial charge in [0.2, 0.25) is 0 Å². The van der Waals surface area contributed by atoms with Crippen LogP contribution in [0.5, 0.6) is 0 Å². The van der Waals surface area contributed by atoms with E-state index in [9.17, 15) is 4.21 Å². The minimum atomic E-state index is -1.38. The Morgan fingerprint density at radius 3 is 2.72 bits per heavy atom. The molecule has 1 fully saturated rings. The van der Waals surface area contributed by atoms with E-state index in [0.717, 1.165) is 29.3 Å². The Kier molecular flexibility index (Phi) is 6.78. The summed E-state index contributed by atoms with van der Waals surface area (Å²) in [6.07, 6.45) is 3.29. The number of aryl methyl sites for hydroxylation is 2. The second-order valence-electron chi connectivity index (χ2n) is 7.57. The van der Waals surface area contributed by atoms with E-state index in [-0.39, 0.29) is 6.04 Å². The van der Waals surface area contributed by atoms with Crippen LogP contribution in [-0.4, -0.2) is 45.0 Å². The fourth-order valence-corrected chi connectivity index (χ4v) is 4.34. The van der Waals surface area contributed by atoms with Crippen LogP contribution in [0.25, 0.3) is 0 Å². The molecule has 1 aromatic carbocycles. The predicted octanol–water partition coefficient (Wildman–Crippen LogP) is 3.25. The van der Waals surface area contributed by atoms with Crippen molar-refractivity contribution in [1.29, 1.82) is 0 Å². The van der Waals surface area contributed by atoms with E-state index in [1.165, 1.54) is 0 Å². The lowest BCUT2D eigenvalue weighted by Crippen LogP contribution is -2.44. The average Bonchev–Trinajstić information content (AvgIpc) is 2.81. The van der Waals surface area contributed by atoms with E-state index in [1.807, 2.05) is 50.2 Å². The molecule has 2 aromatic heterocycles. The lowest BCUT2D eigenvalue weighted by atomic mass is 10.1. The van der Waals surface area contributed by atoms with Crippen molar-refractivity contribution < 1.29 is 8.95 Å². The molecule has 1 aliphatic rings. The van der Waals surface area contributed by atoms with E-state index in [2.05, 4.69) is 43.3 Å². The maximum Gasteiger partial charge on any atom is 0.150 e. The highest BCUT2D eigenvalue weighted by Crippen LogP contribution is 2.23. The third-order valence-electron chi connectivity index (χ3n) is 5.24. The molecule has 3 heterocycles. The molecule has 1 N–H and O–H groups in total. The van der Waals surface area contributed by atoms with Crippen molar-refractivity contribution >= 4 is 22.5 Å². The SMILES string of the molecule is Cc1ncc(C#Cc2c(C)ncnc2N2CCOCC2C)cc1NS(=O)c1ccccc1. The topological polar surface area (TPSA) is 80.2 Å². The van der Waals surface area contributed by atoms with E-state index < -0.39 is 11.0 Å². The van der Waals surface area contributed by atoms with Crippen molar-refractivity contribution in [2.45, 2.75) is 31.7 Å². The molecule has 2 atom stereocenters. The Bertz CT molecular complexity index is 1190. The molecule has 0 aliphatic carbocycles. The van der Waals surface area contributed by atoms with Gasteiger partial charge in [0.05, 0.1) is 46.8 Å². The number of hydrogen-bond acceptors (Lipinski definition) is 6. The number of pyridine rings is 1. The summed E-state index contributed by atoms with van der Waals surface area (Å²) in [5.41, 5.74) is 3.77. The fourth-order valence-electron chi connectivity index (χ4n) is 3.41. The lowest BCUT2D eigenvalue weighted by molar-refractivity contribution is 0.0985. The Morgan fingerprint density at radius 2 is 1.94 bits per heavy atom. The number of nitrogens with one attached hydrogen (secondary N) is 1. The van der Waals surface area contributed by atoms with Crippen LogP contribution >= 0.6 is 0 Å². The molecule has 0 saturated carbocycles. The molecule has 4 rings (SSSR count). The van der Waals surface area contributed by atoms with Gasteiger partial charge < -0.3 is 9.64 Å². The van der Waals surface area contributed by atoms with Gasteiger partial charge in [-0.25, -0.2) is 14.2 Å². The molecule has 2 unspecified atom stereocenters. The molecule has 164 valence electrons. The van der Waals surface area contributed by atoms with Crippen LogP contribution in [0.3, 0.4) is 0 Å². The predicted molar refractivity (Wildman–Crippen MR) is 126 cm³/mol. The number of aromatic nitrogens is 3. The van der Waals surface area contributed by atoms with E-state index >= 15 is 0 Å². The zero-order valence-corrected chi connectivity index (χ0v) is 19.1. The number of rotatable bonds is 4. The summed E-state index contributed by atoms with van der Waals surface area (Å²) in [7, 11) is -1.38. The lowest BCUT2D eigenvalue weighted by Gasteiger charge is -2.34. The zero-order chi connectivity index (χ0) is 22.5. The molecule has 3 aromatic rings. The Balaban J connectivity index is 1.62. The second-order valence-corrected chi connectivity index (χ2v) is 8.78. The minimum absolute atomic E-state index is 0.211. The maximum absolute atomic E-state index is 12.7. The third kappa shape index (κ3) is 4.96. The van der Waals surface area contributed by atoms with E-state index in [0.29, 0.717) is 29.4 Å². The van der Waals surface area contributed by atoms with Crippen molar-refractivity contribution in [3.05, 3.63) is 71.4 Å². The van der Waals surface area contributed by atoms with Crippen LogP contribution in [0.1, 0.15) is 29.4 Å². The highest BCUT2D eigenvalue weighted by atomic mass is 32.2. The molecule has 7 nitrogen and oxygen atoms in total. The highest BCUT2D eigenvalue weighted by Gasteiger charge is 2.23. The molecule has 8 heteroatoms. The molecular weight excluding hydrogens is 422 g/mol. The normalized spacial score (nSPS) is 16.7. The van der Waals surface area contributed by atoms with Gasteiger partial charge in [0.25, 0.3) is 0 Å². The Morgan fingerprint density at radius 1 is 1.12 bits per heavy atom. The number of morpholine rings is 1. The average molecular weight is 448 g/mol.